The van der Waals surface area contributed by atoms with Crippen molar-refractivity contribution in [1.29, 1.82) is 0 Å². The Hall–Kier alpha value is -0.380. The molecule has 0 N–H and O–H groups in total. The van der Waals surface area contributed by atoms with Gasteiger partial charge in [0.25, 0.3) is 0 Å². The molecule has 0 bridgehead atoms. The monoisotopic (exact) mass is 342 g/mol. The zero-order valence-electron chi connectivity index (χ0n) is 10.1. The Morgan fingerprint density at radius 2 is 1.82 bits per heavy atom. The van der Waals surface area contributed by atoms with Crippen molar-refractivity contribution >= 4 is 28.4 Å². The van der Waals surface area contributed by atoms with Crippen LogP contribution in [0.4, 0.5) is 0 Å². The van der Waals surface area contributed by atoms with E-state index in [2.05, 4.69) is 22.6 Å². The largest absolute Gasteiger partial charge is 0.294 e. The normalized spacial score (nSPS) is 18.9. The lowest BCUT2D eigenvalue weighted by atomic mass is 9.85. The molecule has 2 rings (SSSR count). The van der Waals surface area contributed by atoms with Crippen molar-refractivity contribution in [2.45, 2.75) is 42.4 Å². The summed E-state index contributed by atoms with van der Waals surface area (Å²) in [5.41, 5.74) is 0.866. The third-order valence-electron chi connectivity index (χ3n) is 3.64. The number of hydrogen-bond donors (Lipinski definition) is 0. The first-order valence-corrected chi connectivity index (χ1v) is 7.74. The molecule has 17 heavy (non-hydrogen) atoms. The van der Waals surface area contributed by atoms with E-state index >= 15 is 0 Å². The van der Waals surface area contributed by atoms with Crippen LogP contribution in [0, 0.1) is 5.92 Å². The fraction of sp³-hybridized carbons (Fsp3) is 0.533. The topological polar surface area (TPSA) is 17.1 Å². The third-order valence-corrected chi connectivity index (χ3v) is 5.09. The van der Waals surface area contributed by atoms with E-state index < -0.39 is 0 Å². The van der Waals surface area contributed by atoms with E-state index in [1.165, 1.54) is 32.1 Å². The highest BCUT2D eigenvalue weighted by Crippen LogP contribution is 2.32. The molecule has 1 aromatic rings. The van der Waals surface area contributed by atoms with Gasteiger partial charge in [0.05, 0.1) is 0 Å². The lowest BCUT2D eigenvalue weighted by Gasteiger charge is -2.26. The van der Waals surface area contributed by atoms with Gasteiger partial charge in [0.2, 0.25) is 0 Å². The number of carbonyl (C=O) groups is 1. The Kier molecular flexibility index (Phi) is 5.01. The van der Waals surface area contributed by atoms with Gasteiger partial charge in [0.1, 0.15) is 0 Å². The molecule has 1 saturated carbocycles. The van der Waals surface area contributed by atoms with Gasteiger partial charge in [-0.25, -0.2) is 0 Å². The first-order valence-electron chi connectivity index (χ1n) is 6.49. The average molecular weight is 342 g/mol. The fourth-order valence-electron chi connectivity index (χ4n) is 2.58. The summed E-state index contributed by atoms with van der Waals surface area (Å²) in [4.78, 5) is 12.1. The number of hydrogen-bond acceptors (Lipinski definition) is 1. The molecule has 1 aromatic carbocycles. The molecular formula is C15H19IO. The Bertz CT molecular complexity index is 354. The summed E-state index contributed by atoms with van der Waals surface area (Å²) in [5.74, 6) is 1.06. The van der Waals surface area contributed by atoms with Gasteiger partial charge in [0, 0.05) is 15.9 Å². The van der Waals surface area contributed by atoms with Crippen LogP contribution < -0.4 is 0 Å². The molecule has 2 heteroatoms. The summed E-state index contributed by atoms with van der Waals surface area (Å²) < 4.78 is 0.514. The molecule has 92 valence electrons. The molecule has 1 fully saturated rings. The van der Waals surface area contributed by atoms with E-state index in [9.17, 15) is 4.79 Å². The second-order valence-corrected chi connectivity index (χ2v) is 6.51. The molecule has 0 spiro atoms. The van der Waals surface area contributed by atoms with E-state index in [4.69, 9.17) is 0 Å². The van der Waals surface area contributed by atoms with Gasteiger partial charge in [-0.15, -0.1) is 0 Å². The average Bonchev–Trinajstić information content (AvgIpc) is 2.40. The predicted octanol–water partition coefficient (Wildman–Crippen LogP) is 4.64. The van der Waals surface area contributed by atoms with E-state index in [1.807, 2.05) is 30.3 Å². The number of alkyl halides is 1. The number of ketones is 1. The van der Waals surface area contributed by atoms with Gasteiger partial charge in [-0.2, -0.15) is 0 Å². The number of carbonyl (C=O) groups excluding carboxylic acids is 1. The van der Waals surface area contributed by atoms with Crippen LogP contribution in [-0.2, 0) is 0 Å². The zero-order chi connectivity index (χ0) is 12.1. The highest BCUT2D eigenvalue weighted by atomic mass is 127. The van der Waals surface area contributed by atoms with Gasteiger partial charge < -0.3 is 0 Å². The summed E-state index contributed by atoms with van der Waals surface area (Å²) >= 11 is 2.48. The fourth-order valence-corrected chi connectivity index (χ4v) is 3.70. The number of benzene rings is 1. The highest BCUT2D eigenvalue weighted by molar-refractivity contribution is 14.1. The predicted molar refractivity (Wildman–Crippen MR) is 79.8 cm³/mol. The molecule has 0 amide bonds. The van der Waals surface area contributed by atoms with Crippen molar-refractivity contribution in [3.8, 4) is 0 Å². The molecule has 0 saturated heterocycles. The van der Waals surface area contributed by atoms with Gasteiger partial charge in [-0.1, -0.05) is 72.2 Å². The molecular weight excluding hydrogens is 323 g/mol. The van der Waals surface area contributed by atoms with E-state index in [1.54, 1.807) is 0 Å². The third kappa shape index (κ3) is 3.80. The molecule has 1 atom stereocenters. The Labute approximate surface area is 117 Å². The minimum atomic E-state index is 0.301. The van der Waals surface area contributed by atoms with Crippen molar-refractivity contribution < 1.29 is 4.79 Å². The maximum Gasteiger partial charge on any atom is 0.163 e. The van der Waals surface area contributed by atoms with Crippen LogP contribution >= 0.6 is 22.6 Å². The summed E-state index contributed by atoms with van der Waals surface area (Å²) in [6.07, 6.45) is 7.42. The van der Waals surface area contributed by atoms with E-state index in [0.717, 1.165) is 11.5 Å². The van der Waals surface area contributed by atoms with Gasteiger partial charge in [-0.3, -0.25) is 4.79 Å². The van der Waals surface area contributed by atoms with Crippen LogP contribution in [0.1, 0.15) is 48.9 Å². The standard InChI is InChI=1S/C15H19IO/c16-14(12-7-3-1-4-8-12)11-15(17)13-9-5-2-6-10-13/h2,5-6,9-10,12,14H,1,3-4,7-8,11H2. The second kappa shape index (κ2) is 6.53. The van der Waals surface area contributed by atoms with Gasteiger partial charge in [0.15, 0.2) is 5.78 Å². The van der Waals surface area contributed by atoms with Crippen LogP contribution in [0.3, 0.4) is 0 Å². The molecule has 0 aliphatic heterocycles. The highest BCUT2D eigenvalue weighted by Gasteiger charge is 2.23. The van der Waals surface area contributed by atoms with Crippen LogP contribution in [0.5, 0.6) is 0 Å². The Morgan fingerprint density at radius 3 is 2.47 bits per heavy atom. The summed E-state index contributed by atoms with van der Waals surface area (Å²) in [7, 11) is 0. The zero-order valence-corrected chi connectivity index (χ0v) is 12.2. The number of halogens is 1. The molecule has 0 aromatic heterocycles. The van der Waals surface area contributed by atoms with E-state index in [-0.39, 0.29) is 0 Å². The van der Waals surface area contributed by atoms with Crippen molar-refractivity contribution in [3.63, 3.8) is 0 Å². The van der Waals surface area contributed by atoms with Crippen molar-refractivity contribution in [2.24, 2.45) is 5.92 Å². The Balaban J connectivity index is 1.89. The van der Waals surface area contributed by atoms with E-state index in [0.29, 0.717) is 16.1 Å². The minimum absolute atomic E-state index is 0.301. The lowest BCUT2D eigenvalue weighted by molar-refractivity contribution is 0.0975. The smallest absolute Gasteiger partial charge is 0.163 e. The summed E-state index contributed by atoms with van der Waals surface area (Å²) in [5, 5.41) is 0. The van der Waals surface area contributed by atoms with Crippen LogP contribution in [0.25, 0.3) is 0 Å². The lowest BCUT2D eigenvalue weighted by Crippen LogP contribution is -2.20. The quantitative estimate of drug-likeness (QED) is 0.442. The minimum Gasteiger partial charge on any atom is -0.294 e. The molecule has 0 radical (unpaired) electrons. The van der Waals surface area contributed by atoms with Crippen molar-refractivity contribution in [3.05, 3.63) is 35.9 Å². The second-order valence-electron chi connectivity index (χ2n) is 4.91. The van der Waals surface area contributed by atoms with Crippen LogP contribution in [0.15, 0.2) is 30.3 Å². The van der Waals surface area contributed by atoms with Crippen molar-refractivity contribution in [1.82, 2.24) is 0 Å². The van der Waals surface area contributed by atoms with Gasteiger partial charge >= 0.3 is 0 Å². The van der Waals surface area contributed by atoms with Gasteiger partial charge in [-0.05, 0) is 18.8 Å². The molecule has 1 unspecified atom stereocenters. The first kappa shape index (κ1) is 13.1. The van der Waals surface area contributed by atoms with Crippen LogP contribution in [-0.4, -0.2) is 9.71 Å². The molecule has 1 aliphatic carbocycles. The Morgan fingerprint density at radius 1 is 1.18 bits per heavy atom. The maximum absolute atomic E-state index is 12.1. The molecule has 1 aliphatic rings. The summed E-state index contributed by atoms with van der Waals surface area (Å²) in [6.45, 7) is 0. The molecule has 1 nitrogen and oxygen atoms in total. The molecule has 0 heterocycles. The maximum atomic E-state index is 12.1. The number of rotatable bonds is 4. The SMILES string of the molecule is O=C(CC(I)C1CCCCC1)c1ccccc1. The number of Topliss-reactive ketones (excluding diaryl/α,β-unsaturated/α-hetero) is 1. The summed E-state index contributed by atoms with van der Waals surface area (Å²) in [6, 6.07) is 9.69. The first-order chi connectivity index (χ1) is 8.27. The van der Waals surface area contributed by atoms with Crippen molar-refractivity contribution in [2.75, 3.05) is 0 Å². The van der Waals surface area contributed by atoms with Crippen LogP contribution in [0.2, 0.25) is 0 Å².